The summed E-state index contributed by atoms with van der Waals surface area (Å²) in [6.07, 6.45) is -0.582. The summed E-state index contributed by atoms with van der Waals surface area (Å²) in [6, 6.07) is 8.65. The van der Waals surface area contributed by atoms with Crippen molar-refractivity contribution < 1.29 is 19.1 Å². The highest BCUT2D eigenvalue weighted by atomic mass is 16.6. The number of cyclic esters (lactones) is 1. The quantitative estimate of drug-likeness (QED) is 0.768. The second-order valence-corrected chi connectivity index (χ2v) is 3.39. The summed E-state index contributed by atoms with van der Waals surface area (Å²) >= 11 is 0. The Bertz CT molecular complexity index is 390. The lowest BCUT2D eigenvalue weighted by Crippen LogP contribution is -2.35. The van der Waals surface area contributed by atoms with Crippen LogP contribution in [0.25, 0.3) is 0 Å². The van der Waals surface area contributed by atoms with E-state index >= 15 is 0 Å². The van der Waals surface area contributed by atoms with Crippen molar-refractivity contribution in [3.8, 4) is 0 Å². The Morgan fingerprint density at radius 2 is 2.19 bits per heavy atom. The summed E-state index contributed by atoms with van der Waals surface area (Å²) in [6.45, 7) is 0.235. The molecular weight excluding hydrogens is 210 g/mol. The van der Waals surface area contributed by atoms with Gasteiger partial charge in [0.25, 0.3) is 0 Å². The van der Waals surface area contributed by atoms with Gasteiger partial charge in [0.1, 0.15) is 13.2 Å². The average Bonchev–Trinajstić information content (AvgIpc) is 2.74. The van der Waals surface area contributed by atoms with Gasteiger partial charge in [0.15, 0.2) is 6.04 Å². The van der Waals surface area contributed by atoms with Crippen LogP contribution in [0.5, 0.6) is 0 Å². The predicted octanol–water partition coefficient (Wildman–Crippen LogP) is 0.838. The van der Waals surface area contributed by atoms with Crippen LogP contribution in [0.1, 0.15) is 5.56 Å². The minimum atomic E-state index is -0.684. The van der Waals surface area contributed by atoms with Crippen LogP contribution in [0.3, 0.4) is 0 Å². The van der Waals surface area contributed by atoms with E-state index in [0.717, 1.165) is 5.56 Å². The molecule has 0 aromatic heterocycles. The van der Waals surface area contributed by atoms with Crippen molar-refractivity contribution in [1.82, 2.24) is 5.32 Å². The Kier molecular flexibility index (Phi) is 3.05. The molecule has 1 aliphatic heterocycles. The number of hydrogen-bond donors (Lipinski definition) is 1. The third-order valence-corrected chi connectivity index (χ3v) is 2.18. The summed E-state index contributed by atoms with van der Waals surface area (Å²) in [5, 5.41) is 2.35. The number of amides is 1. The molecule has 1 amide bonds. The van der Waals surface area contributed by atoms with Gasteiger partial charge in [-0.1, -0.05) is 30.3 Å². The summed E-state index contributed by atoms with van der Waals surface area (Å²) < 4.78 is 9.61. The Balaban J connectivity index is 1.82. The van der Waals surface area contributed by atoms with Gasteiger partial charge in [0, 0.05) is 0 Å². The number of carbonyl (C=O) groups is 2. The number of nitrogens with one attached hydrogen (secondary N) is 1. The van der Waals surface area contributed by atoms with Crippen LogP contribution in [0.2, 0.25) is 0 Å². The van der Waals surface area contributed by atoms with E-state index in [4.69, 9.17) is 4.74 Å². The molecule has 5 nitrogen and oxygen atoms in total. The topological polar surface area (TPSA) is 64.6 Å². The third-order valence-electron chi connectivity index (χ3n) is 2.18. The van der Waals surface area contributed by atoms with Gasteiger partial charge in [-0.2, -0.15) is 0 Å². The minimum absolute atomic E-state index is 0.0342. The molecule has 0 bridgehead atoms. The molecule has 1 heterocycles. The first-order chi connectivity index (χ1) is 7.75. The van der Waals surface area contributed by atoms with Crippen molar-refractivity contribution in [2.45, 2.75) is 12.6 Å². The molecule has 16 heavy (non-hydrogen) atoms. The van der Waals surface area contributed by atoms with E-state index in [0.29, 0.717) is 0 Å². The highest BCUT2D eigenvalue weighted by Gasteiger charge is 2.29. The molecule has 1 aromatic rings. The molecule has 1 fully saturated rings. The van der Waals surface area contributed by atoms with Crippen molar-refractivity contribution in [1.29, 1.82) is 0 Å². The SMILES string of the molecule is O=C1NC(C(=O)OCc2ccccc2)CO1. The van der Waals surface area contributed by atoms with Crippen LogP contribution in [-0.2, 0) is 20.9 Å². The number of esters is 1. The van der Waals surface area contributed by atoms with Crippen molar-refractivity contribution in [3.05, 3.63) is 35.9 Å². The molecule has 1 aromatic carbocycles. The molecule has 0 saturated carbocycles. The largest absolute Gasteiger partial charge is 0.459 e. The fraction of sp³-hybridized carbons (Fsp3) is 0.273. The first kappa shape index (κ1) is 10.5. The first-order valence-corrected chi connectivity index (χ1v) is 4.89. The van der Waals surface area contributed by atoms with Gasteiger partial charge in [0.2, 0.25) is 0 Å². The fourth-order valence-corrected chi connectivity index (χ4v) is 1.34. The normalized spacial score (nSPS) is 18.8. The van der Waals surface area contributed by atoms with E-state index in [2.05, 4.69) is 10.1 Å². The molecule has 0 spiro atoms. The van der Waals surface area contributed by atoms with E-state index < -0.39 is 18.1 Å². The van der Waals surface area contributed by atoms with Crippen molar-refractivity contribution in [3.63, 3.8) is 0 Å². The number of benzene rings is 1. The van der Waals surface area contributed by atoms with Crippen LogP contribution < -0.4 is 5.32 Å². The summed E-state index contributed by atoms with van der Waals surface area (Å²) in [5.74, 6) is -0.477. The van der Waals surface area contributed by atoms with Gasteiger partial charge in [-0.25, -0.2) is 9.59 Å². The standard InChI is InChI=1S/C11H11NO4/c13-10(9-7-16-11(14)12-9)15-6-8-4-2-1-3-5-8/h1-5,9H,6-7H2,(H,12,14). The lowest BCUT2D eigenvalue weighted by molar-refractivity contribution is -0.147. The Labute approximate surface area is 92.4 Å². The smallest absolute Gasteiger partial charge is 0.408 e. The molecule has 5 heteroatoms. The second-order valence-electron chi connectivity index (χ2n) is 3.39. The number of rotatable bonds is 3. The Morgan fingerprint density at radius 3 is 2.81 bits per heavy atom. The second kappa shape index (κ2) is 4.65. The highest BCUT2D eigenvalue weighted by molar-refractivity contribution is 5.83. The average molecular weight is 221 g/mol. The molecule has 1 aliphatic rings. The maximum atomic E-state index is 11.4. The van der Waals surface area contributed by atoms with Crippen LogP contribution in [0, 0.1) is 0 Å². The molecule has 0 aliphatic carbocycles. The van der Waals surface area contributed by atoms with Crippen molar-refractivity contribution >= 4 is 12.1 Å². The number of ether oxygens (including phenoxy) is 2. The molecule has 1 N–H and O–H groups in total. The van der Waals surface area contributed by atoms with Crippen molar-refractivity contribution in [2.24, 2.45) is 0 Å². The molecule has 2 rings (SSSR count). The zero-order valence-electron chi connectivity index (χ0n) is 8.51. The van der Waals surface area contributed by atoms with E-state index in [-0.39, 0.29) is 13.2 Å². The van der Waals surface area contributed by atoms with Crippen LogP contribution >= 0.6 is 0 Å². The van der Waals surface area contributed by atoms with E-state index in [1.165, 1.54) is 0 Å². The Hall–Kier alpha value is -2.04. The molecule has 1 saturated heterocycles. The zero-order valence-corrected chi connectivity index (χ0v) is 8.51. The van der Waals surface area contributed by atoms with Crippen LogP contribution in [0.15, 0.2) is 30.3 Å². The van der Waals surface area contributed by atoms with E-state index in [1.807, 2.05) is 30.3 Å². The maximum absolute atomic E-state index is 11.4. The van der Waals surface area contributed by atoms with Crippen LogP contribution in [0.4, 0.5) is 4.79 Å². The molecule has 84 valence electrons. The van der Waals surface area contributed by atoms with E-state index in [9.17, 15) is 9.59 Å². The third kappa shape index (κ3) is 2.50. The van der Waals surface area contributed by atoms with Crippen molar-refractivity contribution in [2.75, 3.05) is 6.61 Å². The lowest BCUT2D eigenvalue weighted by atomic mass is 10.2. The number of carbonyl (C=O) groups excluding carboxylic acids is 2. The lowest BCUT2D eigenvalue weighted by Gasteiger charge is -2.07. The summed E-state index contributed by atoms with van der Waals surface area (Å²) in [7, 11) is 0. The number of alkyl carbamates (subject to hydrolysis) is 1. The van der Waals surface area contributed by atoms with Gasteiger partial charge in [-0.15, -0.1) is 0 Å². The minimum Gasteiger partial charge on any atom is -0.459 e. The van der Waals surface area contributed by atoms with Gasteiger partial charge in [-0.3, -0.25) is 0 Å². The van der Waals surface area contributed by atoms with E-state index in [1.54, 1.807) is 0 Å². The molecular formula is C11H11NO4. The predicted molar refractivity (Wildman–Crippen MR) is 54.5 cm³/mol. The van der Waals surface area contributed by atoms with Gasteiger partial charge in [0.05, 0.1) is 0 Å². The van der Waals surface area contributed by atoms with Gasteiger partial charge in [-0.05, 0) is 5.56 Å². The molecule has 1 unspecified atom stereocenters. The van der Waals surface area contributed by atoms with Gasteiger partial charge < -0.3 is 14.8 Å². The number of hydrogen-bond acceptors (Lipinski definition) is 4. The zero-order chi connectivity index (χ0) is 11.4. The molecule has 1 atom stereocenters. The Morgan fingerprint density at radius 1 is 1.44 bits per heavy atom. The fourth-order valence-electron chi connectivity index (χ4n) is 1.34. The monoisotopic (exact) mass is 221 g/mol. The first-order valence-electron chi connectivity index (χ1n) is 4.89. The van der Waals surface area contributed by atoms with Crippen LogP contribution in [-0.4, -0.2) is 24.7 Å². The van der Waals surface area contributed by atoms with Gasteiger partial charge >= 0.3 is 12.1 Å². The maximum Gasteiger partial charge on any atom is 0.408 e. The highest BCUT2D eigenvalue weighted by Crippen LogP contribution is 2.04. The summed E-state index contributed by atoms with van der Waals surface area (Å²) in [4.78, 5) is 22.1. The molecule has 0 radical (unpaired) electrons. The summed E-state index contributed by atoms with van der Waals surface area (Å²) in [5.41, 5.74) is 0.904.